The third kappa shape index (κ3) is 5.26. The number of amides is 1. The van der Waals surface area contributed by atoms with Gasteiger partial charge >= 0.3 is 6.18 Å². The van der Waals surface area contributed by atoms with Crippen molar-refractivity contribution in [1.29, 1.82) is 0 Å². The van der Waals surface area contributed by atoms with Crippen LogP contribution in [0.4, 0.5) is 13.2 Å². The maximum atomic E-state index is 12.5. The van der Waals surface area contributed by atoms with Crippen LogP contribution in [0.3, 0.4) is 0 Å². The average molecular weight is 426 g/mol. The highest BCUT2D eigenvalue weighted by atomic mass is 35.5. The number of hydrogen-bond donors (Lipinski definition) is 1. The van der Waals surface area contributed by atoms with Crippen LogP contribution in [0.15, 0.2) is 53.4 Å². The van der Waals surface area contributed by atoms with Crippen molar-refractivity contribution in [3.63, 3.8) is 0 Å². The average Bonchev–Trinajstić information content (AvgIpc) is 3.15. The Bertz CT molecular complexity index is 973. The van der Waals surface area contributed by atoms with Crippen LogP contribution in [0.25, 0.3) is 11.3 Å². The predicted molar refractivity (Wildman–Crippen MR) is 98.5 cm³/mol. The van der Waals surface area contributed by atoms with Gasteiger partial charge in [-0.15, -0.1) is 0 Å². The molecule has 0 bridgehead atoms. The SMILES string of the molecule is C[C@H](NC(=O)c1ccc(OCc2conc2-c2ccc(Cl)cc2)nc1)C(F)(F)F. The summed E-state index contributed by atoms with van der Waals surface area (Å²) in [4.78, 5) is 15.8. The molecule has 3 rings (SSSR count). The molecule has 1 aromatic carbocycles. The van der Waals surface area contributed by atoms with Crippen LogP contribution in [0.5, 0.6) is 5.88 Å². The van der Waals surface area contributed by atoms with E-state index in [9.17, 15) is 18.0 Å². The van der Waals surface area contributed by atoms with Gasteiger partial charge in [0.1, 0.15) is 24.6 Å². The topological polar surface area (TPSA) is 77.2 Å². The van der Waals surface area contributed by atoms with Crippen molar-refractivity contribution < 1.29 is 27.2 Å². The molecule has 2 aromatic heterocycles. The molecular formula is C19H15ClF3N3O3. The molecule has 0 aliphatic carbocycles. The van der Waals surface area contributed by atoms with Gasteiger partial charge in [0.15, 0.2) is 0 Å². The Labute approximate surface area is 168 Å². The van der Waals surface area contributed by atoms with Gasteiger partial charge in [-0.2, -0.15) is 13.2 Å². The van der Waals surface area contributed by atoms with Gasteiger partial charge in [0, 0.05) is 22.8 Å². The molecule has 6 nitrogen and oxygen atoms in total. The van der Waals surface area contributed by atoms with Crippen molar-refractivity contribution >= 4 is 17.5 Å². The summed E-state index contributed by atoms with van der Waals surface area (Å²) in [6.45, 7) is 0.950. The first-order valence-electron chi connectivity index (χ1n) is 8.39. The van der Waals surface area contributed by atoms with E-state index in [1.165, 1.54) is 18.4 Å². The molecule has 0 fully saturated rings. The molecule has 1 N–H and O–H groups in total. The number of carbonyl (C=O) groups excluding carboxylic acids is 1. The fourth-order valence-corrected chi connectivity index (χ4v) is 2.44. The van der Waals surface area contributed by atoms with Crippen LogP contribution in [0.1, 0.15) is 22.8 Å². The van der Waals surface area contributed by atoms with Crippen molar-refractivity contribution in [3.05, 3.63) is 65.0 Å². The van der Waals surface area contributed by atoms with Crippen molar-refractivity contribution in [1.82, 2.24) is 15.5 Å². The molecule has 0 aliphatic heterocycles. The highest BCUT2D eigenvalue weighted by Gasteiger charge is 2.37. The summed E-state index contributed by atoms with van der Waals surface area (Å²) in [6, 6.07) is 7.78. The largest absolute Gasteiger partial charge is 0.473 e. The Balaban J connectivity index is 1.62. The van der Waals surface area contributed by atoms with Gasteiger partial charge in [-0.1, -0.05) is 28.9 Å². The Morgan fingerprint density at radius 2 is 1.97 bits per heavy atom. The molecule has 0 radical (unpaired) electrons. The minimum Gasteiger partial charge on any atom is -0.473 e. The van der Waals surface area contributed by atoms with E-state index in [-0.39, 0.29) is 18.1 Å². The van der Waals surface area contributed by atoms with Crippen molar-refractivity contribution in [2.24, 2.45) is 0 Å². The van der Waals surface area contributed by atoms with Crippen LogP contribution in [-0.2, 0) is 6.61 Å². The van der Waals surface area contributed by atoms with E-state index < -0.39 is 18.1 Å². The van der Waals surface area contributed by atoms with Gasteiger partial charge in [0.2, 0.25) is 5.88 Å². The number of nitrogens with zero attached hydrogens (tertiary/aromatic N) is 2. The Morgan fingerprint density at radius 3 is 2.59 bits per heavy atom. The molecule has 1 atom stereocenters. The second kappa shape index (κ2) is 8.52. The van der Waals surface area contributed by atoms with Crippen LogP contribution in [-0.4, -0.2) is 28.3 Å². The van der Waals surface area contributed by atoms with Crippen LogP contribution in [0.2, 0.25) is 5.02 Å². The Morgan fingerprint density at radius 1 is 1.24 bits per heavy atom. The molecule has 0 spiro atoms. The number of pyridine rings is 1. The van der Waals surface area contributed by atoms with E-state index >= 15 is 0 Å². The fourth-order valence-electron chi connectivity index (χ4n) is 2.32. The lowest BCUT2D eigenvalue weighted by molar-refractivity contribution is -0.149. The number of benzene rings is 1. The van der Waals surface area contributed by atoms with Gasteiger partial charge in [-0.25, -0.2) is 4.98 Å². The first-order valence-corrected chi connectivity index (χ1v) is 8.77. The quantitative estimate of drug-likeness (QED) is 0.622. The molecule has 29 heavy (non-hydrogen) atoms. The molecular weight excluding hydrogens is 411 g/mol. The molecule has 0 saturated carbocycles. The molecule has 0 saturated heterocycles. The summed E-state index contributed by atoms with van der Waals surface area (Å²) in [7, 11) is 0. The zero-order chi connectivity index (χ0) is 21.0. The van der Waals surface area contributed by atoms with Gasteiger partial charge in [-0.05, 0) is 25.1 Å². The first-order chi connectivity index (χ1) is 13.7. The van der Waals surface area contributed by atoms with E-state index in [0.29, 0.717) is 16.3 Å². The van der Waals surface area contributed by atoms with Gasteiger partial charge in [0.05, 0.1) is 11.1 Å². The highest BCUT2D eigenvalue weighted by molar-refractivity contribution is 6.30. The smallest absolute Gasteiger partial charge is 0.408 e. The molecule has 152 valence electrons. The summed E-state index contributed by atoms with van der Waals surface area (Å²) >= 11 is 5.88. The second-order valence-electron chi connectivity index (χ2n) is 6.11. The zero-order valence-corrected chi connectivity index (χ0v) is 15.8. The minimum absolute atomic E-state index is 0.0136. The molecule has 10 heteroatoms. The molecule has 3 aromatic rings. The van der Waals surface area contributed by atoms with Crippen LogP contribution in [0, 0.1) is 0 Å². The summed E-state index contributed by atoms with van der Waals surface area (Å²) in [5, 5.41) is 6.41. The minimum atomic E-state index is -4.52. The van der Waals surface area contributed by atoms with Gasteiger partial charge in [0.25, 0.3) is 5.91 Å². The third-order valence-electron chi connectivity index (χ3n) is 3.97. The predicted octanol–water partition coefficient (Wildman–Crippen LogP) is 4.65. The Kier molecular flexibility index (Phi) is 6.07. The zero-order valence-electron chi connectivity index (χ0n) is 15.0. The number of alkyl halides is 3. The molecule has 0 unspecified atom stereocenters. The number of aromatic nitrogens is 2. The maximum Gasteiger partial charge on any atom is 0.408 e. The lowest BCUT2D eigenvalue weighted by Crippen LogP contribution is -2.43. The monoisotopic (exact) mass is 425 g/mol. The van der Waals surface area contributed by atoms with Crippen LogP contribution >= 0.6 is 11.6 Å². The lowest BCUT2D eigenvalue weighted by Gasteiger charge is -2.17. The molecule has 0 aliphatic rings. The third-order valence-corrected chi connectivity index (χ3v) is 4.23. The van der Waals surface area contributed by atoms with E-state index in [1.54, 1.807) is 24.3 Å². The summed E-state index contributed by atoms with van der Waals surface area (Å²) in [5.74, 6) is -0.688. The number of ether oxygens (including phenoxy) is 1. The van der Waals surface area contributed by atoms with Gasteiger partial charge < -0.3 is 14.6 Å². The van der Waals surface area contributed by atoms with Crippen molar-refractivity contribution in [2.45, 2.75) is 25.7 Å². The summed E-state index contributed by atoms with van der Waals surface area (Å²) in [6.07, 6.45) is -1.95. The highest BCUT2D eigenvalue weighted by Crippen LogP contribution is 2.25. The first kappa shape index (κ1) is 20.7. The normalized spacial score (nSPS) is 12.4. The fraction of sp³-hybridized carbons (Fsp3) is 0.211. The summed E-state index contributed by atoms with van der Waals surface area (Å²) < 4.78 is 48.2. The van der Waals surface area contributed by atoms with E-state index in [4.69, 9.17) is 20.9 Å². The van der Waals surface area contributed by atoms with Crippen molar-refractivity contribution in [3.8, 4) is 17.1 Å². The number of halogens is 4. The summed E-state index contributed by atoms with van der Waals surface area (Å²) in [5.41, 5.74) is 2.02. The standard InChI is InChI=1S/C19H15ClF3N3O3/c1-11(19(21,22)23)25-18(27)13-4-7-16(24-8-13)28-9-14-10-29-26-17(14)12-2-5-15(20)6-3-12/h2-8,10-11H,9H2,1H3,(H,25,27)/t11-/m0/s1. The molecule has 1 amide bonds. The van der Waals surface area contributed by atoms with Crippen molar-refractivity contribution in [2.75, 3.05) is 0 Å². The number of hydrogen-bond acceptors (Lipinski definition) is 5. The van der Waals surface area contributed by atoms with E-state index in [2.05, 4.69) is 10.1 Å². The number of carbonyl (C=O) groups is 1. The Hall–Kier alpha value is -3.07. The van der Waals surface area contributed by atoms with Gasteiger partial charge in [-0.3, -0.25) is 4.79 Å². The maximum absolute atomic E-state index is 12.5. The second-order valence-corrected chi connectivity index (χ2v) is 6.54. The number of nitrogens with one attached hydrogen (secondary N) is 1. The van der Waals surface area contributed by atoms with E-state index in [1.807, 2.05) is 5.32 Å². The lowest BCUT2D eigenvalue weighted by atomic mass is 10.1. The van der Waals surface area contributed by atoms with Crippen LogP contribution < -0.4 is 10.1 Å². The molecule has 2 heterocycles. The number of rotatable bonds is 6. The van der Waals surface area contributed by atoms with E-state index in [0.717, 1.165) is 18.7 Å².